The molecule has 1 aliphatic rings. The maximum absolute atomic E-state index is 12.2. The summed E-state index contributed by atoms with van der Waals surface area (Å²) in [6.07, 6.45) is 5.43. The molecule has 1 fully saturated rings. The zero-order valence-electron chi connectivity index (χ0n) is 13.4. The maximum Gasteiger partial charge on any atom is 0.251 e. The molecule has 0 unspecified atom stereocenters. The van der Waals surface area contributed by atoms with Crippen LogP contribution in [0.1, 0.15) is 40.4 Å². The van der Waals surface area contributed by atoms with E-state index < -0.39 is 0 Å². The highest BCUT2D eigenvalue weighted by atomic mass is 16.5. The average molecular weight is 310 g/mol. The minimum Gasteiger partial charge on any atom is -0.373 e. The van der Waals surface area contributed by atoms with Crippen LogP contribution in [0.15, 0.2) is 48.8 Å². The maximum atomic E-state index is 12.2. The van der Waals surface area contributed by atoms with Gasteiger partial charge in [0, 0.05) is 37.0 Å². The molecular weight excluding hydrogens is 288 g/mol. The first-order chi connectivity index (χ1) is 11.2. The lowest BCUT2D eigenvalue weighted by atomic mass is 9.89. The topological polar surface area (TPSA) is 51.2 Å². The van der Waals surface area contributed by atoms with Gasteiger partial charge in [0.1, 0.15) is 0 Å². The Balaban J connectivity index is 1.65. The summed E-state index contributed by atoms with van der Waals surface area (Å²) < 4.78 is 5.99. The van der Waals surface area contributed by atoms with E-state index in [1.807, 2.05) is 0 Å². The van der Waals surface area contributed by atoms with E-state index in [1.54, 1.807) is 24.5 Å². The van der Waals surface area contributed by atoms with Gasteiger partial charge in [-0.2, -0.15) is 0 Å². The Morgan fingerprint density at radius 1 is 1.22 bits per heavy atom. The number of rotatable bonds is 4. The zero-order chi connectivity index (χ0) is 16.1. The molecule has 2 heterocycles. The lowest BCUT2D eigenvalue weighted by molar-refractivity contribution is -0.0272. The molecule has 4 nitrogen and oxygen atoms in total. The number of pyridine rings is 1. The largest absolute Gasteiger partial charge is 0.373 e. The number of ether oxygens (including phenoxy) is 1. The second-order valence-electron chi connectivity index (χ2n) is 6.05. The van der Waals surface area contributed by atoms with Crippen molar-refractivity contribution in [3.63, 3.8) is 0 Å². The van der Waals surface area contributed by atoms with Crippen LogP contribution < -0.4 is 5.32 Å². The fourth-order valence-corrected chi connectivity index (χ4v) is 3.01. The molecule has 1 aromatic heterocycles. The number of aryl methyl sites for hydroxylation is 1. The molecule has 23 heavy (non-hydrogen) atoms. The van der Waals surface area contributed by atoms with Crippen molar-refractivity contribution >= 4 is 5.91 Å². The van der Waals surface area contributed by atoms with E-state index >= 15 is 0 Å². The number of hydrogen-bond donors (Lipinski definition) is 1. The molecule has 3 rings (SSSR count). The fraction of sp³-hybridized carbons (Fsp3) is 0.368. The van der Waals surface area contributed by atoms with Crippen LogP contribution in [0.2, 0.25) is 0 Å². The van der Waals surface area contributed by atoms with Crippen molar-refractivity contribution in [2.75, 3.05) is 13.2 Å². The van der Waals surface area contributed by atoms with Gasteiger partial charge in [0.05, 0.1) is 6.10 Å². The predicted molar refractivity (Wildman–Crippen MR) is 89.2 cm³/mol. The van der Waals surface area contributed by atoms with Gasteiger partial charge in [-0.25, -0.2) is 0 Å². The van der Waals surface area contributed by atoms with Gasteiger partial charge in [-0.1, -0.05) is 29.8 Å². The van der Waals surface area contributed by atoms with Crippen molar-refractivity contribution in [1.82, 2.24) is 10.3 Å². The summed E-state index contributed by atoms with van der Waals surface area (Å²) in [5, 5.41) is 3.03. The van der Waals surface area contributed by atoms with Gasteiger partial charge < -0.3 is 10.1 Å². The Morgan fingerprint density at radius 3 is 2.70 bits per heavy atom. The smallest absolute Gasteiger partial charge is 0.251 e. The molecule has 4 heteroatoms. The van der Waals surface area contributed by atoms with Crippen molar-refractivity contribution in [3.05, 3.63) is 65.5 Å². The first-order valence-corrected chi connectivity index (χ1v) is 8.10. The molecule has 2 atom stereocenters. The second kappa shape index (κ2) is 7.38. The van der Waals surface area contributed by atoms with E-state index in [9.17, 15) is 4.79 Å². The van der Waals surface area contributed by atoms with E-state index in [0.717, 1.165) is 19.4 Å². The van der Waals surface area contributed by atoms with E-state index in [-0.39, 0.29) is 12.0 Å². The van der Waals surface area contributed by atoms with Gasteiger partial charge in [0.25, 0.3) is 5.91 Å². The van der Waals surface area contributed by atoms with Crippen LogP contribution in [-0.4, -0.2) is 24.0 Å². The number of nitrogens with one attached hydrogen (secondary N) is 1. The summed E-state index contributed by atoms with van der Waals surface area (Å²) in [5.74, 6) is 0.248. The third-order valence-electron chi connectivity index (χ3n) is 4.32. The minimum atomic E-state index is -0.0550. The summed E-state index contributed by atoms with van der Waals surface area (Å²) in [7, 11) is 0. The van der Waals surface area contributed by atoms with Gasteiger partial charge >= 0.3 is 0 Å². The van der Waals surface area contributed by atoms with Crippen molar-refractivity contribution in [1.29, 1.82) is 0 Å². The van der Waals surface area contributed by atoms with E-state index in [1.165, 1.54) is 11.1 Å². The van der Waals surface area contributed by atoms with Crippen LogP contribution in [0.3, 0.4) is 0 Å². The first kappa shape index (κ1) is 15.7. The number of carbonyl (C=O) groups is 1. The number of aromatic nitrogens is 1. The second-order valence-corrected chi connectivity index (χ2v) is 6.05. The lowest BCUT2D eigenvalue weighted by Gasteiger charge is -2.32. The monoisotopic (exact) mass is 310 g/mol. The molecule has 1 saturated heterocycles. The lowest BCUT2D eigenvalue weighted by Crippen LogP contribution is -2.35. The minimum absolute atomic E-state index is 0.0550. The first-order valence-electron chi connectivity index (χ1n) is 8.10. The van der Waals surface area contributed by atoms with Crippen molar-refractivity contribution < 1.29 is 9.53 Å². The summed E-state index contributed by atoms with van der Waals surface area (Å²) in [5.41, 5.74) is 3.08. The molecule has 0 aliphatic carbocycles. The number of nitrogens with zero attached hydrogens (tertiary/aromatic N) is 1. The van der Waals surface area contributed by atoms with Crippen LogP contribution in [-0.2, 0) is 4.74 Å². The third kappa shape index (κ3) is 3.96. The molecular formula is C19H22N2O2. The quantitative estimate of drug-likeness (QED) is 0.943. The molecule has 0 radical (unpaired) electrons. The van der Waals surface area contributed by atoms with Crippen molar-refractivity contribution in [2.45, 2.75) is 25.9 Å². The highest BCUT2D eigenvalue weighted by molar-refractivity contribution is 5.93. The summed E-state index contributed by atoms with van der Waals surface area (Å²) in [6.45, 7) is 3.49. The Bertz CT molecular complexity index is 640. The van der Waals surface area contributed by atoms with Crippen LogP contribution in [0.25, 0.3) is 0 Å². The fourth-order valence-electron chi connectivity index (χ4n) is 3.01. The third-order valence-corrected chi connectivity index (χ3v) is 4.32. The van der Waals surface area contributed by atoms with E-state index in [4.69, 9.17) is 4.74 Å². The Morgan fingerprint density at radius 2 is 1.96 bits per heavy atom. The number of amides is 1. The standard InChI is InChI=1S/C19H22N2O2/c1-14-4-6-15(7-5-14)18-17(3-2-12-23-18)13-21-19(22)16-8-10-20-11-9-16/h4-11,17-18H,2-3,12-13H2,1H3,(H,21,22)/t17-,18-/m1/s1. The molecule has 0 spiro atoms. The molecule has 1 amide bonds. The molecule has 1 N–H and O–H groups in total. The van der Waals surface area contributed by atoms with E-state index in [2.05, 4.69) is 41.5 Å². The molecule has 120 valence electrons. The molecule has 1 aromatic carbocycles. The van der Waals surface area contributed by atoms with Gasteiger partial charge in [0.2, 0.25) is 0 Å². The van der Waals surface area contributed by atoms with Crippen LogP contribution >= 0.6 is 0 Å². The SMILES string of the molecule is Cc1ccc([C@H]2OCCC[C@@H]2CNC(=O)c2ccncc2)cc1. The van der Waals surface area contributed by atoms with Crippen LogP contribution in [0.5, 0.6) is 0 Å². The number of hydrogen-bond acceptors (Lipinski definition) is 3. The summed E-state index contributed by atoms with van der Waals surface area (Å²) in [4.78, 5) is 16.1. The van der Waals surface area contributed by atoms with Gasteiger partial charge in [-0.15, -0.1) is 0 Å². The summed E-state index contributed by atoms with van der Waals surface area (Å²) >= 11 is 0. The number of carbonyl (C=O) groups excluding carboxylic acids is 1. The van der Waals surface area contributed by atoms with Gasteiger partial charge in [0.15, 0.2) is 0 Å². The molecule has 0 bridgehead atoms. The Kier molecular flexibility index (Phi) is 5.03. The van der Waals surface area contributed by atoms with Crippen molar-refractivity contribution in [3.8, 4) is 0 Å². The Labute approximate surface area is 136 Å². The highest BCUT2D eigenvalue weighted by Crippen LogP contribution is 2.33. The highest BCUT2D eigenvalue weighted by Gasteiger charge is 2.27. The van der Waals surface area contributed by atoms with Crippen LogP contribution in [0.4, 0.5) is 0 Å². The molecule has 1 aliphatic heterocycles. The predicted octanol–water partition coefficient (Wildman–Crippen LogP) is 3.29. The Hall–Kier alpha value is -2.20. The van der Waals surface area contributed by atoms with E-state index in [0.29, 0.717) is 18.0 Å². The van der Waals surface area contributed by atoms with Crippen molar-refractivity contribution in [2.24, 2.45) is 5.92 Å². The average Bonchev–Trinajstić information content (AvgIpc) is 2.61. The molecule has 2 aromatic rings. The zero-order valence-corrected chi connectivity index (χ0v) is 13.4. The van der Waals surface area contributed by atoms with Gasteiger partial charge in [-0.05, 0) is 37.5 Å². The molecule has 0 saturated carbocycles. The normalized spacial score (nSPS) is 20.9. The summed E-state index contributed by atoms with van der Waals surface area (Å²) in [6, 6.07) is 11.9. The number of benzene rings is 1. The van der Waals surface area contributed by atoms with Gasteiger partial charge in [-0.3, -0.25) is 9.78 Å². The van der Waals surface area contributed by atoms with Crippen LogP contribution in [0, 0.1) is 12.8 Å².